The smallest absolute Gasteiger partial charge is 0.322 e. The van der Waals surface area contributed by atoms with E-state index in [1.54, 1.807) is 21.9 Å². The van der Waals surface area contributed by atoms with Crippen LogP contribution in [-0.4, -0.2) is 89.2 Å². The third-order valence-corrected chi connectivity index (χ3v) is 7.18. The molecule has 0 spiro atoms. The molecule has 0 radical (unpaired) electrons. The van der Waals surface area contributed by atoms with Crippen LogP contribution in [0.5, 0.6) is 11.5 Å². The average Bonchev–Trinajstić information content (AvgIpc) is 3.26. The Morgan fingerprint density at radius 2 is 1.69 bits per heavy atom. The topological polar surface area (TPSA) is 102 Å². The third-order valence-electron chi connectivity index (χ3n) is 7.18. The Hall–Kier alpha value is -4.60. The van der Waals surface area contributed by atoms with Crippen molar-refractivity contribution >= 4 is 23.8 Å². The molecule has 1 saturated heterocycles. The second kappa shape index (κ2) is 11.0. The van der Waals surface area contributed by atoms with Crippen molar-refractivity contribution in [3.05, 3.63) is 84.1 Å². The molecule has 3 aliphatic rings. The molecule has 0 bridgehead atoms. The van der Waals surface area contributed by atoms with Crippen LogP contribution in [0.15, 0.2) is 78.5 Å². The van der Waals surface area contributed by atoms with E-state index in [0.29, 0.717) is 54.5 Å². The minimum Gasteiger partial charge on any atom is -0.457 e. The summed E-state index contributed by atoms with van der Waals surface area (Å²) in [6.45, 7) is 7.33. The molecule has 202 valence electrons. The van der Waals surface area contributed by atoms with Gasteiger partial charge in [-0.3, -0.25) is 19.3 Å². The summed E-state index contributed by atoms with van der Waals surface area (Å²) < 4.78 is 5.98. The lowest BCUT2D eigenvalue weighted by Gasteiger charge is -2.35. The summed E-state index contributed by atoms with van der Waals surface area (Å²) in [4.78, 5) is 57.9. The van der Waals surface area contributed by atoms with Crippen molar-refractivity contribution in [2.45, 2.75) is 13.0 Å². The molecule has 5 rings (SSSR count). The highest BCUT2D eigenvalue weighted by molar-refractivity contribution is 6.03. The lowest BCUT2D eigenvalue weighted by atomic mass is 9.95. The number of nitrogens with one attached hydrogen (secondary N) is 1. The number of nitrogens with zero attached hydrogens (tertiary/aromatic N) is 4. The maximum atomic E-state index is 13.7. The number of hydrogen-bond acceptors (Lipinski definition) is 5. The van der Waals surface area contributed by atoms with E-state index in [1.165, 1.54) is 16.7 Å². The van der Waals surface area contributed by atoms with Crippen LogP contribution in [0, 0.1) is 0 Å². The summed E-state index contributed by atoms with van der Waals surface area (Å²) in [5, 5.41) is 2.96. The molecule has 10 nitrogen and oxygen atoms in total. The van der Waals surface area contributed by atoms with Crippen LogP contribution in [-0.2, 0) is 14.4 Å². The zero-order chi connectivity index (χ0) is 27.5. The molecular formula is C29H31N5O5. The Morgan fingerprint density at radius 3 is 2.38 bits per heavy atom. The normalized spacial score (nSPS) is 19.2. The van der Waals surface area contributed by atoms with E-state index < -0.39 is 6.04 Å². The van der Waals surface area contributed by atoms with Crippen LogP contribution in [0.1, 0.15) is 18.5 Å². The van der Waals surface area contributed by atoms with Gasteiger partial charge in [-0.15, -0.1) is 6.58 Å². The van der Waals surface area contributed by atoms with Crippen LogP contribution in [0.4, 0.5) is 4.79 Å². The van der Waals surface area contributed by atoms with Gasteiger partial charge in [0.25, 0.3) is 5.91 Å². The first-order valence-corrected chi connectivity index (χ1v) is 12.9. The molecule has 10 heteroatoms. The fraction of sp³-hybridized carbons (Fsp3) is 0.310. The maximum absolute atomic E-state index is 13.7. The van der Waals surface area contributed by atoms with Crippen molar-refractivity contribution in [1.82, 2.24) is 24.9 Å². The van der Waals surface area contributed by atoms with Crippen molar-refractivity contribution < 1.29 is 23.9 Å². The van der Waals surface area contributed by atoms with Gasteiger partial charge < -0.3 is 24.8 Å². The fourth-order valence-corrected chi connectivity index (χ4v) is 5.16. The molecule has 5 amide bonds. The molecule has 3 aliphatic heterocycles. The highest BCUT2D eigenvalue weighted by atomic mass is 16.5. The van der Waals surface area contributed by atoms with Gasteiger partial charge in [0.05, 0.1) is 23.9 Å². The first-order chi connectivity index (χ1) is 18.9. The molecule has 2 aromatic carbocycles. The Balaban J connectivity index is 1.37. The Kier molecular flexibility index (Phi) is 7.36. The second-order valence-corrected chi connectivity index (χ2v) is 9.68. The van der Waals surface area contributed by atoms with Gasteiger partial charge in [-0.05, 0) is 29.8 Å². The van der Waals surface area contributed by atoms with E-state index in [9.17, 15) is 19.2 Å². The Bertz CT molecular complexity index is 1330. The summed E-state index contributed by atoms with van der Waals surface area (Å²) in [6, 6.07) is 15.6. The lowest BCUT2D eigenvalue weighted by Crippen LogP contribution is -2.52. The standard InChI is InChI=1S/C29H31N5O5/c1-3-12-34-24-18-33(19-25(36)32-15-13-31(14-16-32)20(2)35)28(37)26(24)27(30-29(34)38)21-8-7-11-23(17-21)39-22-9-5-4-6-10-22/h3-11,17,27H,1,12-16,18-19H2,2H3,(H,30,38). The van der Waals surface area contributed by atoms with E-state index in [2.05, 4.69) is 11.9 Å². The van der Waals surface area contributed by atoms with Crippen LogP contribution in [0.25, 0.3) is 0 Å². The quantitative estimate of drug-likeness (QED) is 0.556. The van der Waals surface area contributed by atoms with E-state index in [-0.39, 0.29) is 43.4 Å². The number of amides is 5. The highest BCUT2D eigenvalue weighted by Crippen LogP contribution is 2.37. The van der Waals surface area contributed by atoms with Crippen molar-refractivity contribution in [2.24, 2.45) is 0 Å². The zero-order valence-electron chi connectivity index (χ0n) is 21.8. The van der Waals surface area contributed by atoms with Crippen molar-refractivity contribution in [2.75, 3.05) is 45.8 Å². The van der Waals surface area contributed by atoms with E-state index in [0.717, 1.165) is 0 Å². The van der Waals surface area contributed by atoms with Gasteiger partial charge in [-0.2, -0.15) is 0 Å². The van der Waals surface area contributed by atoms with Crippen molar-refractivity contribution in [3.8, 4) is 11.5 Å². The Morgan fingerprint density at radius 1 is 1.00 bits per heavy atom. The molecule has 1 fully saturated rings. The SMILES string of the molecule is C=CCN1C(=O)NC(c2cccc(Oc3ccccc3)c2)C2=C1CN(CC(=O)N1CCN(C(C)=O)CC1)C2=O. The number of rotatable bonds is 7. The van der Waals surface area contributed by atoms with Crippen LogP contribution in [0.2, 0.25) is 0 Å². The summed E-state index contributed by atoms with van der Waals surface area (Å²) in [6.07, 6.45) is 1.60. The number of benzene rings is 2. The van der Waals surface area contributed by atoms with Crippen molar-refractivity contribution in [1.29, 1.82) is 0 Å². The number of ether oxygens (including phenoxy) is 1. The predicted octanol–water partition coefficient (Wildman–Crippen LogP) is 2.52. The molecule has 0 aromatic heterocycles. The van der Waals surface area contributed by atoms with E-state index in [1.807, 2.05) is 48.5 Å². The monoisotopic (exact) mass is 529 g/mol. The van der Waals surface area contributed by atoms with Crippen LogP contribution in [0.3, 0.4) is 0 Å². The first kappa shape index (κ1) is 26.0. The summed E-state index contributed by atoms with van der Waals surface area (Å²) >= 11 is 0. The molecule has 39 heavy (non-hydrogen) atoms. The predicted molar refractivity (Wildman–Crippen MR) is 144 cm³/mol. The van der Waals surface area contributed by atoms with Gasteiger partial charge in [-0.25, -0.2) is 4.79 Å². The molecular weight excluding hydrogens is 498 g/mol. The molecule has 1 unspecified atom stereocenters. The van der Waals surface area contributed by atoms with Gasteiger partial charge >= 0.3 is 6.03 Å². The van der Waals surface area contributed by atoms with Gasteiger partial charge in [0.2, 0.25) is 11.8 Å². The number of piperazine rings is 1. The minimum atomic E-state index is -0.695. The second-order valence-electron chi connectivity index (χ2n) is 9.68. The summed E-state index contributed by atoms with van der Waals surface area (Å²) in [5.41, 5.74) is 1.70. The number of urea groups is 1. The van der Waals surface area contributed by atoms with E-state index in [4.69, 9.17) is 4.74 Å². The summed E-state index contributed by atoms with van der Waals surface area (Å²) in [5.74, 6) is 0.748. The van der Waals surface area contributed by atoms with Crippen molar-refractivity contribution in [3.63, 3.8) is 0 Å². The fourth-order valence-electron chi connectivity index (χ4n) is 5.16. The van der Waals surface area contributed by atoms with Gasteiger partial charge in [0, 0.05) is 39.6 Å². The number of carbonyl (C=O) groups excluding carboxylic acids is 4. The number of carbonyl (C=O) groups is 4. The summed E-state index contributed by atoms with van der Waals surface area (Å²) in [7, 11) is 0. The van der Waals surface area contributed by atoms with Gasteiger partial charge in [0.15, 0.2) is 0 Å². The minimum absolute atomic E-state index is 0.0162. The molecule has 1 N–H and O–H groups in total. The molecule has 3 heterocycles. The van der Waals surface area contributed by atoms with Gasteiger partial charge in [-0.1, -0.05) is 36.4 Å². The molecule has 0 aliphatic carbocycles. The first-order valence-electron chi connectivity index (χ1n) is 12.9. The molecule has 1 atom stereocenters. The number of para-hydroxylation sites is 1. The van der Waals surface area contributed by atoms with E-state index >= 15 is 0 Å². The maximum Gasteiger partial charge on any atom is 0.322 e. The molecule has 0 saturated carbocycles. The number of hydrogen-bond donors (Lipinski definition) is 1. The lowest BCUT2D eigenvalue weighted by molar-refractivity contribution is -0.141. The average molecular weight is 530 g/mol. The molecule has 2 aromatic rings. The van der Waals surface area contributed by atoms with Gasteiger partial charge in [0.1, 0.15) is 18.0 Å². The zero-order valence-corrected chi connectivity index (χ0v) is 21.8. The van der Waals surface area contributed by atoms with Crippen LogP contribution >= 0.6 is 0 Å². The highest BCUT2D eigenvalue weighted by Gasteiger charge is 2.44. The van der Waals surface area contributed by atoms with Crippen LogP contribution < -0.4 is 10.1 Å². The largest absolute Gasteiger partial charge is 0.457 e. The Labute approximate surface area is 227 Å². The third kappa shape index (κ3) is 5.36.